The van der Waals surface area contributed by atoms with E-state index in [1.807, 2.05) is 17.0 Å². The van der Waals surface area contributed by atoms with E-state index in [9.17, 15) is 4.79 Å². The third-order valence-electron chi connectivity index (χ3n) is 4.16. The Morgan fingerprint density at radius 3 is 2.79 bits per heavy atom. The van der Waals surface area contributed by atoms with Crippen molar-refractivity contribution in [1.82, 2.24) is 15.1 Å². The molecule has 3 rings (SSSR count). The van der Waals surface area contributed by atoms with E-state index >= 15 is 0 Å². The lowest BCUT2D eigenvalue weighted by molar-refractivity contribution is -0.135. The normalized spacial score (nSPS) is 18.8. The zero-order valence-corrected chi connectivity index (χ0v) is 16.7. The minimum Gasteiger partial charge on any atom is -0.469 e. The van der Waals surface area contributed by atoms with Gasteiger partial charge in [0.2, 0.25) is 5.91 Å². The Labute approximate surface area is 160 Å². The summed E-state index contributed by atoms with van der Waals surface area (Å²) in [4.78, 5) is 21.1. The lowest BCUT2D eigenvalue weighted by Gasteiger charge is -2.36. The number of hydrogen-bond acceptors (Lipinski definition) is 3. The van der Waals surface area contributed by atoms with Crippen molar-refractivity contribution in [2.75, 3.05) is 26.2 Å². The molecule has 1 N–H and O–H groups in total. The van der Waals surface area contributed by atoms with E-state index in [1.54, 1.807) is 6.26 Å². The molecule has 0 bridgehead atoms. The molecule has 0 atom stereocenters. The molecule has 1 saturated heterocycles. The molecule has 134 valence electrons. The van der Waals surface area contributed by atoms with Gasteiger partial charge in [0.05, 0.1) is 12.8 Å². The number of carbonyl (C=O) groups is 1. The zero-order chi connectivity index (χ0) is 16.2. The Morgan fingerprint density at radius 2 is 2.21 bits per heavy atom. The van der Waals surface area contributed by atoms with Crippen LogP contribution in [0.15, 0.2) is 27.8 Å². The first-order valence-corrected chi connectivity index (χ1v) is 8.51. The molecule has 2 fully saturated rings. The average molecular weight is 446 g/mol. The van der Waals surface area contributed by atoms with Gasteiger partial charge in [0.1, 0.15) is 5.76 Å². The minimum atomic E-state index is 0. The molecule has 1 aliphatic heterocycles. The topological polar surface area (TPSA) is 61.1 Å². The third kappa shape index (κ3) is 5.12. The number of nitrogens with one attached hydrogen (secondary N) is 1. The molecule has 0 radical (unpaired) electrons. The van der Waals surface area contributed by atoms with E-state index in [0.717, 1.165) is 31.2 Å². The van der Waals surface area contributed by atoms with Gasteiger partial charge in [-0.15, -0.1) is 24.0 Å². The standard InChI is InChI=1S/C17H26N4O2.HI/c1-13(2)19-17(18-8-7-15-4-3-11-23-15)20-9-10-21(14-5-6-14)16(22)12-20;/h3-4,11,13-14H,5-10,12H2,1-2H3,(H,18,19);1H. The first-order valence-electron chi connectivity index (χ1n) is 8.51. The number of halogens is 1. The summed E-state index contributed by atoms with van der Waals surface area (Å²) >= 11 is 0. The smallest absolute Gasteiger partial charge is 0.242 e. The van der Waals surface area contributed by atoms with Crippen molar-refractivity contribution in [3.8, 4) is 0 Å². The van der Waals surface area contributed by atoms with Gasteiger partial charge in [-0.2, -0.15) is 0 Å². The predicted octanol–water partition coefficient (Wildman–Crippen LogP) is 2.10. The number of nitrogens with zero attached hydrogens (tertiary/aromatic N) is 3. The Kier molecular flexibility index (Phi) is 6.94. The van der Waals surface area contributed by atoms with E-state index < -0.39 is 0 Å². The number of piperazine rings is 1. The van der Waals surface area contributed by atoms with Gasteiger partial charge in [0.25, 0.3) is 0 Å². The molecule has 6 nitrogen and oxygen atoms in total. The molecule has 1 aromatic rings. The highest BCUT2D eigenvalue weighted by Crippen LogP contribution is 2.28. The second-order valence-corrected chi connectivity index (χ2v) is 6.57. The van der Waals surface area contributed by atoms with Gasteiger partial charge in [0, 0.05) is 38.1 Å². The molecule has 0 unspecified atom stereocenters. The van der Waals surface area contributed by atoms with Crippen LogP contribution in [0.3, 0.4) is 0 Å². The fourth-order valence-corrected chi connectivity index (χ4v) is 2.86. The van der Waals surface area contributed by atoms with E-state index in [4.69, 9.17) is 4.42 Å². The molecular formula is C17H27IN4O2. The van der Waals surface area contributed by atoms with Crippen molar-refractivity contribution < 1.29 is 9.21 Å². The van der Waals surface area contributed by atoms with Crippen LogP contribution in [-0.4, -0.2) is 59.9 Å². The summed E-state index contributed by atoms with van der Waals surface area (Å²) in [6, 6.07) is 4.64. The third-order valence-corrected chi connectivity index (χ3v) is 4.16. The van der Waals surface area contributed by atoms with Crippen LogP contribution in [0.5, 0.6) is 0 Å². The van der Waals surface area contributed by atoms with Crippen LogP contribution >= 0.6 is 24.0 Å². The molecule has 1 saturated carbocycles. The summed E-state index contributed by atoms with van der Waals surface area (Å²) in [5.41, 5.74) is 0. The molecule has 2 heterocycles. The van der Waals surface area contributed by atoms with Crippen LogP contribution in [0, 0.1) is 0 Å². The molecule has 7 heteroatoms. The molecule has 24 heavy (non-hydrogen) atoms. The Balaban J connectivity index is 0.00000208. The summed E-state index contributed by atoms with van der Waals surface area (Å²) in [5, 5.41) is 3.38. The van der Waals surface area contributed by atoms with Crippen molar-refractivity contribution in [2.24, 2.45) is 4.99 Å². The zero-order valence-electron chi connectivity index (χ0n) is 14.4. The van der Waals surface area contributed by atoms with Gasteiger partial charge in [-0.3, -0.25) is 9.79 Å². The maximum Gasteiger partial charge on any atom is 0.242 e. The van der Waals surface area contributed by atoms with Gasteiger partial charge in [-0.25, -0.2) is 0 Å². The van der Waals surface area contributed by atoms with E-state index in [2.05, 4.69) is 29.1 Å². The molecule has 2 aliphatic rings. The van der Waals surface area contributed by atoms with Crippen molar-refractivity contribution in [3.63, 3.8) is 0 Å². The summed E-state index contributed by atoms with van der Waals surface area (Å²) in [6.45, 7) is 6.91. The molecule has 1 amide bonds. The van der Waals surface area contributed by atoms with Gasteiger partial charge in [0.15, 0.2) is 5.96 Å². The Morgan fingerprint density at radius 1 is 1.42 bits per heavy atom. The van der Waals surface area contributed by atoms with Crippen molar-refractivity contribution in [3.05, 3.63) is 24.2 Å². The SMILES string of the molecule is CC(C)NC(=NCCc1ccco1)N1CCN(C2CC2)C(=O)C1.I. The van der Waals surface area contributed by atoms with Crippen LogP contribution in [-0.2, 0) is 11.2 Å². The monoisotopic (exact) mass is 446 g/mol. The molecule has 0 aromatic carbocycles. The predicted molar refractivity (Wildman–Crippen MR) is 105 cm³/mol. The highest BCUT2D eigenvalue weighted by Gasteiger charge is 2.36. The van der Waals surface area contributed by atoms with E-state index in [-0.39, 0.29) is 35.9 Å². The lowest BCUT2D eigenvalue weighted by Crippen LogP contribution is -2.56. The van der Waals surface area contributed by atoms with E-state index in [0.29, 0.717) is 19.1 Å². The highest BCUT2D eigenvalue weighted by molar-refractivity contribution is 14.0. The van der Waals surface area contributed by atoms with Crippen LogP contribution < -0.4 is 5.32 Å². The fraction of sp³-hybridized carbons (Fsp3) is 0.647. The largest absolute Gasteiger partial charge is 0.469 e. The number of carbonyl (C=O) groups excluding carboxylic acids is 1. The van der Waals surface area contributed by atoms with Crippen LogP contribution in [0.4, 0.5) is 0 Å². The fourth-order valence-electron chi connectivity index (χ4n) is 2.86. The second-order valence-electron chi connectivity index (χ2n) is 6.57. The minimum absolute atomic E-state index is 0. The number of guanidine groups is 1. The number of hydrogen-bond donors (Lipinski definition) is 1. The lowest BCUT2D eigenvalue weighted by atomic mass is 10.3. The van der Waals surface area contributed by atoms with Gasteiger partial charge >= 0.3 is 0 Å². The maximum absolute atomic E-state index is 12.3. The first kappa shape index (κ1) is 19.1. The van der Waals surface area contributed by atoms with Crippen molar-refractivity contribution in [2.45, 2.75) is 45.2 Å². The van der Waals surface area contributed by atoms with Crippen LogP contribution in [0.2, 0.25) is 0 Å². The highest BCUT2D eigenvalue weighted by atomic mass is 127. The van der Waals surface area contributed by atoms with E-state index in [1.165, 1.54) is 12.8 Å². The average Bonchev–Trinajstić information content (AvgIpc) is 3.22. The number of aliphatic imine (C=N–C) groups is 1. The quantitative estimate of drug-likeness (QED) is 0.428. The van der Waals surface area contributed by atoms with Crippen LogP contribution in [0.25, 0.3) is 0 Å². The van der Waals surface area contributed by atoms with Gasteiger partial charge < -0.3 is 19.5 Å². The first-order chi connectivity index (χ1) is 11.1. The summed E-state index contributed by atoms with van der Waals surface area (Å²) in [7, 11) is 0. The summed E-state index contributed by atoms with van der Waals surface area (Å²) in [5.74, 6) is 1.99. The number of amides is 1. The molecule has 0 spiro atoms. The molecule has 1 aromatic heterocycles. The number of furan rings is 1. The summed E-state index contributed by atoms with van der Waals surface area (Å²) in [6.07, 6.45) is 4.79. The Bertz CT molecular complexity index is 555. The maximum atomic E-state index is 12.3. The van der Waals surface area contributed by atoms with Crippen LogP contribution in [0.1, 0.15) is 32.4 Å². The molecule has 1 aliphatic carbocycles. The van der Waals surface area contributed by atoms with Gasteiger partial charge in [-0.05, 0) is 38.8 Å². The Hall–Kier alpha value is -1.25. The van der Waals surface area contributed by atoms with Crippen molar-refractivity contribution in [1.29, 1.82) is 0 Å². The van der Waals surface area contributed by atoms with Crippen molar-refractivity contribution >= 4 is 35.8 Å². The molecular weight excluding hydrogens is 419 g/mol. The van der Waals surface area contributed by atoms with Gasteiger partial charge in [-0.1, -0.05) is 0 Å². The number of rotatable bonds is 5. The summed E-state index contributed by atoms with van der Waals surface area (Å²) < 4.78 is 5.34. The second kappa shape index (κ2) is 8.73.